The summed E-state index contributed by atoms with van der Waals surface area (Å²) in [7, 11) is 1.70. The normalized spacial score (nSPS) is 12.8. The first-order valence-electron chi connectivity index (χ1n) is 7.94. The van der Waals surface area contributed by atoms with Crippen molar-refractivity contribution in [2.45, 2.75) is 19.5 Å². The maximum Gasteiger partial charge on any atom is 0.216 e. The van der Waals surface area contributed by atoms with Gasteiger partial charge in [-0.3, -0.25) is 10.1 Å². The zero-order chi connectivity index (χ0) is 18.5. The number of halogens is 2. The molecule has 0 aliphatic carbocycles. The largest absolute Gasteiger partial charge is 0.461 e. The highest BCUT2D eigenvalue weighted by Crippen LogP contribution is 2.25. The Kier molecular flexibility index (Phi) is 5.80. The third kappa shape index (κ3) is 4.36. The molecule has 3 rings (SSSR count). The van der Waals surface area contributed by atoms with Gasteiger partial charge in [0.1, 0.15) is 5.82 Å². The summed E-state index contributed by atoms with van der Waals surface area (Å²) in [6.07, 6.45) is 1.58. The molecular weight excluding hydrogens is 375 g/mol. The maximum absolute atomic E-state index is 6.08. The lowest BCUT2D eigenvalue weighted by Crippen LogP contribution is -2.38. The molecule has 26 heavy (non-hydrogen) atoms. The summed E-state index contributed by atoms with van der Waals surface area (Å²) >= 11 is 12.0. The molecule has 0 aliphatic heterocycles. The van der Waals surface area contributed by atoms with Gasteiger partial charge < -0.3 is 15.1 Å². The van der Waals surface area contributed by atoms with Crippen LogP contribution in [0.25, 0.3) is 11.6 Å². The van der Waals surface area contributed by atoms with Gasteiger partial charge in [0.2, 0.25) is 5.82 Å². The highest BCUT2D eigenvalue weighted by atomic mass is 35.5. The fraction of sp³-hybridized carbons (Fsp3) is 0.235. The quantitative estimate of drug-likeness (QED) is 0.453. The van der Waals surface area contributed by atoms with Crippen molar-refractivity contribution < 1.29 is 4.42 Å². The first-order valence-corrected chi connectivity index (χ1v) is 8.69. The van der Waals surface area contributed by atoms with Crippen LogP contribution in [0.2, 0.25) is 10.0 Å². The highest BCUT2D eigenvalue weighted by molar-refractivity contribution is 6.42. The smallest absolute Gasteiger partial charge is 0.216 e. The van der Waals surface area contributed by atoms with Gasteiger partial charge in [0.25, 0.3) is 0 Å². The molecule has 0 radical (unpaired) electrons. The minimum Gasteiger partial charge on any atom is -0.461 e. The number of rotatable bonds is 5. The topological polar surface area (TPSA) is 91.1 Å². The van der Waals surface area contributed by atoms with Gasteiger partial charge >= 0.3 is 0 Å². The van der Waals surface area contributed by atoms with Crippen LogP contribution in [0.15, 0.2) is 46.0 Å². The summed E-state index contributed by atoms with van der Waals surface area (Å²) in [5.74, 6) is 2.42. The number of benzene rings is 1. The summed E-state index contributed by atoms with van der Waals surface area (Å²) in [4.78, 5) is 8.60. The van der Waals surface area contributed by atoms with Crippen molar-refractivity contribution in [1.29, 1.82) is 0 Å². The Morgan fingerprint density at radius 3 is 2.85 bits per heavy atom. The molecule has 1 aromatic carbocycles. The Morgan fingerprint density at radius 1 is 1.31 bits per heavy atom. The van der Waals surface area contributed by atoms with E-state index in [1.807, 2.05) is 19.1 Å². The second kappa shape index (κ2) is 8.25. The van der Waals surface area contributed by atoms with Gasteiger partial charge in [-0.25, -0.2) is 4.98 Å². The van der Waals surface area contributed by atoms with Crippen LogP contribution >= 0.6 is 23.2 Å². The molecule has 0 spiro atoms. The molecule has 1 unspecified atom stereocenters. The lowest BCUT2D eigenvalue weighted by atomic mass is 10.1. The molecule has 0 saturated carbocycles. The summed E-state index contributed by atoms with van der Waals surface area (Å²) < 4.78 is 5.28. The third-order valence-corrected chi connectivity index (χ3v) is 4.46. The van der Waals surface area contributed by atoms with Gasteiger partial charge in [-0.1, -0.05) is 29.3 Å². The second-order valence-corrected chi connectivity index (χ2v) is 6.36. The molecule has 0 fully saturated rings. The van der Waals surface area contributed by atoms with Gasteiger partial charge in [-0.05, 0) is 36.8 Å². The van der Waals surface area contributed by atoms with E-state index in [0.29, 0.717) is 40.0 Å². The number of H-pyrrole nitrogens is 1. The minimum absolute atomic E-state index is 0.00984. The van der Waals surface area contributed by atoms with Crippen LogP contribution in [0.5, 0.6) is 0 Å². The molecule has 3 aromatic rings. The summed E-state index contributed by atoms with van der Waals surface area (Å²) in [5, 5.41) is 14.5. The van der Waals surface area contributed by atoms with Crippen LogP contribution in [-0.4, -0.2) is 28.2 Å². The first-order chi connectivity index (χ1) is 12.6. The van der Waals surface area contributed by atoms with E-state index >= 15 is 0 Å². The average molecular weight is 393 g/mol. The number of aromatic nitrogens is 3. The van der Waals surface area contributed by atoms with E-state index in [4.69, 9.17) is 27.6 Å². The number of hydrogen-bond donors (Lipinski definition) is 3. The predicted molar refractivity (Wildman–Crippen MR) is 102 cm³/mol. The Bertz CT molecular complexity index is 891. The SMILES string of the molecule is CN=C(NCc1nc(-c2ccco2)n[nH]1)NC(C)c1ccc(Cl)c(Cl)c1. The summed E-state index contributed by atoms with van der Waals surface area (Å²) in [6, 6.07) is 9.12. The predicted octanol–water partition coefficient (Wildman–Crippen LogP) is 3.80. The molecule has 1 atom stereocenters. The van der Waals surface area contributed by atoms with Gasteiger partial charge in [-0.2, -0.15) is 0 Å². The molecule has 0 bridgehead atoms. The number of nitrogens with zero attached hydrogens (tertiary/aromatic N) is 3. The lowest BCUT2D eigenvalue weighted by molar-refractivity contribution is 0.577. The number of guanidine groups is 1. The van der Waals surface area contributed by atoms with Crippen LogP contribution in [-0.2, 0) is 6.54 Å². The van der Waals surface area contributed by atoms with E-state index in [2.05, 4.69) is 30.8 Å². The molecule has 0 saturated heterocycles. The standard InChI is InChI=1S/C17H18Cl2N6O/c1-10(11-5-6-12(18)13(19)8-11)22-17(20-2)21-9-15-23-16(25-24-15)14-4-3-7-26-14/h3-8,10H,9H2,1-2H3,(H2,20,21,22)(H,23,24,25). The monoisotopic (exact) mass is 392 g/mol. The van der Waals surface area contributed by atoms with Crippen LogP contribution in [0, 0.1) is 0 Å². The summed E-state index contributed by atoms with van der Waals surface area (Å²) in [6.45, 7) is 2.44. The summed E-state index contributed by atoms with van der Waals surface area (Å²) in [5.41, 5.74) is 1.00. The zero-order valence-corrected chi connectivity index (χ0v) is 15.8. The molecule has 9 heteroatoms. The molecule has 0 amide bonds. The van der Waals surface area contributed by atoms with Crippen LogP contribution < -0.4 is 10.6 Å². The van der Waals surface area contributed by atoms with E-state index < -0.39 is 0 Å². The number of aliphatic imine (C=N–C) groups is 1. The lowest BCUT2D eigenvalue weighted by Gasteiger charge is -2.18. The van der Waals surface area contributed by atoms with Gasteiger partial charge in [-0.15, -0.1) is 5.10 Å². The van der Waals surface area contributed by atoms with E-state index in [1.54, 1.807) is 31.5 Å². The Labute approximate surface area is 160 Å². The van der Waals surface area contributed by atoms with Gasteiger partial charge in [0.15, 0.2) is 11.7 Å². The van der Waals surface area contributed by atoms with Crippen molar-refractivity contribution in [1.82, 2.24) is 25.8 Å². The van der Waals surface area contributed by atoms with Crippen molar-refractivity contribution in [3.8, 4) is 11.6 Å². The molecular formula is C17H18Cl2N6O. The van der Waals surface area contributed by atoms with E-state index in [9.17, 15) is 0 Å². The van der Waals surface area contributed by atoms with Gasteiger partial charge in [0, 0.05) is 7.05 Å². The van der Waals surface area contributed by atoms with Crippen molar-refractivity contribution in [3.05, 3.63) is 58.0 Å². The Balaban J connectivity index is 1.58. The van der Waals surface area contributed by atoms with Crippen LogP contribution in [0.1, 0.15) is 24.4 Å². The van der Waals surface area contributed by atoms with E-state index in [0.717, 1.165) is 5.56 Å². The third-order valence-electron chi connectivity index (χ3n) is 3.72. The van der Waals surface area contributed by atoms with E-state index in [-0.39, 0.29) is 6.04 Å². The highest BCUT2D eigenvalue weighted by Gasteiger charge is 2.11. The average Bonchev–Trinajstić information content (AvgIpc) is 3.32. The Morgan fingerprint density at radius 2 is 2.15 bits per heavy atom. The number of furan rings is 1. The first kappa shape index (κ1) is 18.3. The second-order valence-electron chi connectivity index (χ2n) is 5.55. The number of aromatic amines is 1. The number of nitrogens with one attached hydrogen (secondary N) is 3. The zero-order valence-electron chi connectivity index (χ0n) is 14.3. The molecule has 0 aliphatic rings. The molecule has 7 nitrogen and oxygen atoms in total. The van der Waals surface area contributed by atoms with Crippen LogP contribution in [0.3, 0.4) is 0 Å². The molecule has 2 heterocycles. The van der Waals surface area contributed by atoms with E-state index in [1.165, 1.54) is 0 Å². The van der Waals surface area contributed by atoms with Crippen molar-refractivity contribution in [3.63, 3.8) is 0 Å². The van der Waals surface area contributed by atoms with Gasteiger partial charge in [0.05, 0.1) is 28.9 Å². The minimum atomic E-state index is -0.00984. The maximum atomic E-state index is 6.08. The fourth-order valence-corrected chi connectivity index (χ4v) is 2.63. The van der Waals surface area contributed by atoms with Crippen molar-refractivity contribution in [2.24, 2.45) is 4.99 Å². The molecule has 136 valence electrons. The Hall–Kier alpha value is -2.51. The molecule has 3 N–H and O–H groups in total. The fourth-order valence-electron chi connectivity index (χ4n) is 2.32. The van der Waals surface area contributed by atoms with Crippen molar-refractivity contribution in [2.75, 3.05) is 7.05 Å². The number of hydrogen-bond acceptors (Lipinski definition) is 4. The van der Waals surface area contributed by atoms with Crippen LogP contribution in [0.4, 0.5) is 0 Å². The van der Waals surface area contributed by atoms with Crippen molar-refractivity contribution >= 4 is 29.2 Å². The molecule has 2 aromatic heterocycles.